The molecule has 0 aliphatic carbocycles. The number of anilines is 1. The molecule has 0 radical (unpaired) electrons. The summed E-state index contributed by atoms with van der Waals surface area (Å²) in [6, 6.07) is 10.3. The zero-order valence-electron chi connectivity index (χ0n) is 15.7. The first kappa shape index (κ1) is 16.3. The Labute approximate surface area is 157 Å². The van der Waals surface area contributed by atoms with Gasteiger partial charge in [-0.05, 0) is 45.0 Å². The normalized spacial score (nSPS) is 20.6. The fourth-order valence-corrected chi connectivity index (χ4v) is 3.89. The van der Waals surface area contributed by atoms with Crippen molar-refractivity contribution in [2.24, 2.45) is 0 Å². The summed E-state index contributed by atoms with van der Waals surface area (Å²) in [4.78, 5) is 6.82. The second kappa shape index (κ2) is 6.06. The number of aryl methyl sites for hydroxylation is 1. The van der Waals surface area contributed by atoms with E-state index in [4.69, 9.17) is 9.84 Å². The Balaban J connectivity index is 1.59. The Kier molecular flexibility index (Phi) is 3.65. The standard InChI is InChI=1S/C20H22N6O/c1-12-10-25(11-13(2)27-12)20-7-6-19-21-9-18(26(19)24-20)15-4-5-17-16(8-15)14(3)22-23-17/h4-9,12-13H,10-11H2,1-3H3,(H,22,23)/t12-,13+. The van der Waals surface area contributed by atoms with Crippen LogP contribution in [0.4, 0.5) is 5.82 Å². The lowest BCUT2D eigenvalue weighted by Gasteiger charge is -2.35. The molecule has 0 amide bonds. The number of nitrogens with one attached hydrogen (secondary N) is 1. The van der Waals surface area contributed by atoms with Crippen LogP contribution in [0, 0.1) is 6.92 Å². The Morgan fingerprint density at radius 2 is 1.93 bits per heavy atom. The van der Waals surface area contributed by atoms with Gasteiger partial charge >= 0.3 is 0 Å². The van der Waals surface area contributed by atoms with E-state index >= 15 is 0 Å². The molecule has 1 N–H and O–H groups in total. The minimum atomic E-state index is 0.194. The van der Waals surface area contributed by atoms with Gasteiger partial charge in [-0.1, -0.05) is 6.07 Å². The fraction of sp³-hybridized carbons (Fsp3) is 0.350. The molecule has 3 aromatic heterocycles. The lowest BCUT2D eigenvalue weighted by molar-refractivity contribution is -0.00551. The average Bonchev–Trinajstić information content (AvgIpc) is 3.24. The number of fused-ring (bicyclic) bond motifs is 2. The molecule has 5 rings (SSSR count). The van der Waals surface area contributed by atoms with E-state index in [9.17, 15) is 0 Å². The molecule has 2 atom stereocenters. The lowest BCUT2D eigenvalue weighted by atomic mass is 10.1. The number of hydrogen-bond acceptors (Lipinski definition) is 5. The average molecular weight is 362 g/mol. The molecular weight excluding hydrogens is 340 g/mol. The van der Waals surface area contributed by atoms with Gasteiger partial charge in [-0.2, -0.15) is 5.10 Å². The third-order valence-electron chi connectivity index (χ3n) is 5.13. The summed E-state index contributed by atoms with van der Waals surface area (Å²) in [5.74, 6) is 0.948. The molecule has 0 bridgehead atoms. The highest BCUT2D eigenvalue weighted by Crippen LogP contribution is 2.27. The molecule has 138 valence electrons. The molecule has 1 aliphatic rings. The number of imidazole rings is 1. The van der Waals surface area contributed by atoms with Crippen LogP contribution in [0.25, 0.3) is 27.8 Å². The van der Waals surface area contributed by atoms with Gasteiger partial charge in [0.1, 0.15) is 5.82 Å². The topological polar surface area (TPSA) is 71.3 Å². The molecule has 1 aromatic carbocycles. The molecule has 1 aliphatic heterocycles. The van der Waals surface area contributed by atoms with E-state index in [0.29, 0.717) is 0 Å². The van der Waals surface area contributed by atoms with Crippen LogP contribution >= 0.6 is 0 Å². The highest BCUT2D eigenvalue weighted by molar-refractivity contribution is 5.86. The van der Waals surface area contributed by atoms with Crippen molar-refractivity contribution in [2.75, 3.05) is 18.0 Å². The number of ether oxygens (including phenoxy) is 1. The Morgan fingerprint density at radius 1 is 1.11 bits per heavy atom. The molecule has 1 fully saturated rings. The van der Waals surface area contributed by atoms with Crippen molar-refractivity contribution in [3.8, 4) is 11.3 Å². The highest BCUT2D eigenvalue weighted by atomic mass is 16.5. The Hall–Kier alpha value is -2.93. The van der Waals surface area contributed by atoms with Crippen LogP contribution in [0.2, 0.25) is 0 Å². The van der Waals surface area contributed by atoms with Crippen LogP contribution in [0.1, 0.15) is 19.5 Å². The summed E-state index contributed by atoms with van der Waals surface area (Å²) in [6.07, 6.45) is 2.27. The van der Waals surface area contributed by atoms with Crippen LogP contribution in [0.3, 0.4) is 0 Å². The highest BCUT2D eigenvalue weighted by Gasteiger charge is 2.23. The predicted molar refractivity (Wildman–Crippen MR) is 105 cm³/mol. The maximum atomic E-state index is 5.85. The zero-order chi connectivity index (χ0) is 18.5. The number of hydrogen-bond donors (Lipinski definition) is 1. The van der Waals surface area contributed by atoms with Crippen LogP contribution < -0.4 is 4.90 Å². The first-order valence-electron chi connectivity index (χ1n) is 9.29. The predicted octanol–water partition coefficient (Wildman–Crippen LogP) is 3.19. The summed E-state index contributed by atoms with van der Waals surface area (Å²) >= 11 is 0. The molecule has 4 aromatic rings. The summed E-state index contributed by atoms with van der Waals surface area (Å²) in [6.45, 7) is 7.92. The first-order chi connectivity index (χ1) is 13.1. The SMILES string of the molecule is Cc1[nH]nc2ccc(-c3cnc4ccc(N5C[C@@H](C)O[C@@H](C)C5)nn34)cc12. The van der Waals surface area contributed by atoms with Gasteiger partial charge < -0.3 is 9.64 Å². The second-order valence-corrected chi connectivity index (χ2v) is 7.35. The quantitative estimate of drug-likeness (QED) is 0.593. The largest absolute Gasteiger partial charge is 0.372 e. The summed E-state index contributed by atoms with van der Waals surface area (Å²) in [5.41, 5.74) is 4.92. The maximum absolute atomic E-state index is 5.85. The molecule has 7 heteroatoms. The maximum Gasteiger partial charge on any atom is 0.154 e. The van der Waals surface area contributed by atoms with Crippen LogP contribution in [0.5, 0.6) is 0 Å². The second-order valence-electron chi connectivity index (χ2n) is 7.35. The van der Waals surface area contributed by atoms with E-state index in [1.807, 2.05) is 35.8 Å². The van der Waals surface area contributed by atoms with Crippen LogP contribution in [-0.4, -0.2) is 50.1 Å². The minimum absolute atomic E-state index is 0.194. The van der Waals surface area contributed by atoms with Crippen molar-refractivity contribution in [3.63, 3.8) is 0 Å². The third-order valence-corrected chi connectivity index (χ3v) is 5.13. The molecule has 0 unspecified atom stereocenters. The number of H-pyrrole nitrogens is 1. The van der Waals surface area contributed by atoms with Gasteiger partial charge in [0.05, 0.1) is 29.6 Å². The molecule has 0 saturated carbocycles. The van der Waals surface area contributed by atoms with Crippen molar-refractivity contribution in [1.82, 2.24) is 24.8 Å². The Bertz CT molecular complexity index is 1120. The zero-order valence-corrected chi connectivity index (χ0v) is 15.7. The van der Waals surface area contributed by atoms with Gasteiger partial charge in [-0.15, -0.1) is 5.10 Å². The van der Waals surface area contributed by atoms with Crippen LogP contribution in [0.15, 0.2) is 36.5 Å². The molecule has 0 spiro atoms. The molecular formula is C20H22N6O. The van der Waals surface area contributed by atoms with E-state index in [-0.39, 0.29) is 12.2 Å². The number of aromatic nitrogens is 5. The van der Waals surface area contributed by atoms with Crippen molar-refractivity contribution in [1.29, 1.82) is 0 Å². The van der Waals surface area contributed by atoms with E-state index < -0.39 is 0 Å². The third kappa shape index (κ3) is 2.75. The van der Waals surface area contributed by atoms with Gasteiger partial charge in [0.15, 0.2) is 5.65 Å². The summed E-state index contributed by atoms with van der Waals surface area (Å²) in [5, 5.41) is 13.4. The van der Waals surface area contributed by atoms with Gasteiger partial charge in [0, 0.05) is 29.7 Å². The Morgan fingerprint density at radius 3 is 2.74 bits per heavy atom. The van der Waals surface area contributed by atoms with Crippen molar-refractivity contribution in [2.45, 2.75) is 33.0 Å². The number of rotatable bonds is 2. The summed E-state index contributed by atoms with van der Waals surface area (Å²) in [7, 11) is 0. The number of aromatic amines is 1. The summed E-state index contributed by atoms with van der Waals surface area (Å²) < 4.78 is 7.78. The monoisotopic (exact) mass is 362 g/mol. The minimum Gasteiger partial charge on any atom is -0.372 e. The molecule has 4 heterocycles. The van der Waals surface area contributed by atoms with Crippen molar-refractivity contribution in [3.05, 3.63) is 42.2 Å². The first-order valence-corrected chi connectivity index (χ1v) is 9.29. The van der Waals surface area contributed by atoms with Crippen molar-refractivity contribution < 1.29 is 4.74 Å². The van der Waals surface area contributed by atoms with E-state index in [0.717, 1.165) is 52.4 Å². The van der Waals surface area contributed by atoms with Gasteiger partial charge in [0.2, 0.25) is 0 Å². The molecule has 1 saturated heterocycles. The van der Waals surface area contributed by atoms with Crippen LogP contribution in [-0.2, 0) is 4.74 Å². The number of nitrogens with zero attached hydrogens (tertiary/aromatic N) is 5. The van der Waals surface area contributed by atoms with Gasteiger partial charge in [0.25, 0.3) is 0 Å². The molecule has 27 heavy (non-hydrogen) atoms. The number of morpholine rings is 1. The van der Waals surface area contributed by atoms with Crippen molar-refractivity contribution >= 4 is 22.4 Å². The van der Waals surface area contributed by atoms with Gasteiger partial charge in [-0.25, -0.2) is 9.50 Å². The van der Waals surface area contributed by atoms with E-state index in [1.165, 1.54) is 0 Å². The lowest BCUT2D eigenvalue weighted by Crippen LogP contribution is -2.46. The van der Waals surface area contributed by atoms with E-state index in [1.54, 1.807) is 0 Å². The molecule has 7 nitrogen and oxygen atoms in total. The van der Waals surface area contributed by atoms with Gasteiger partial charge in [-0.3, -0.25) is 5.10 Å². The van der Waals surface area contributed by atoms with E-state index in [2.05, 4.69) is 46.1 Å². The number of benzene rings is 1. The fourth-order valence-electron chi connectivity index (χ4n) is 3.89. The smallest absolute Gasteiger partial charge is 0.154 e.